The Hall–Kier alpha value is -2.14. The van der Waals surface area contributed by atoms with Gasteiger partial charge in [0.05, 0.1) is 25.5 Å². The number of nitrogens with zero attached hydrogens (tertiary/aromatic N) is 2. The van der Waals surface area contributed by atoms with Crippen molar-refractivity contribution in [3.8, 4) is 22.8 Å². The van der Waals surface area contributed by atoms with Gasteiger partial charge < -0.3 is 9.47 Å². The predicted octanol–water partition coefficient (Wildman–Crippen LogP) is 2.94. The minimum Gasteiger partial charge on any atom is -0.497 e. The lowest BCUT2D eigenvalue weighted by Crippen LogP contribution is -2.01. The lowest BCUT2D eigenvalue weighted by Gasteiger charge is -2.12. The summed E-state index contributed by atoms with van der Waals surface area (Å²) >= 11 is 5.99. The van der Waals surface area contributed by atoms with Gasteiger partial charge in [-0.1, -0.05) is 11.6 Å². The highest BCUT2D eigenvalue weighted by Gasteiger charge is 2.17. The predicted molar refractivity (Wildman–Crippen MR) is 75.7 cm³/mol. The lowest BCUT2D eigenvalue weighted by atomic mass is 10.1. The second-order valence-corrected chi connectivity index (χ2v) is 4.37. The topological polar surface area (TPSA) is 61.3 Å². The summed E-state index contributed by atoms with van der Waals surface area (Å²) in [5.41, 5.74) is 1.33. The number of aryl methyl sites for hydroxylation is 1. The summed E-state index contributed by atoms with van der Waals surface area (Å²) in [5, 5.41) is 0.125. The van der Waals surface area contributed by atoms with Crippen molar-refractivity contribution in [3.05, 3.63) is 34.7 Å². The number of carbonyl (C=O) groups excluding carboxylic acids is 1. The van der Waals surface area contributed by atoms with Crippen LogP contribution in [-0.4, -0.2) is 30.5 Å². The molecule has 1 aromatic heterocycles. The van der Waals surface area contributed by atoms with Gasteiger partial charge in [0, 0.05) is 11.6 Å². The number of hydrogen-bond acceptors (Lipinski definition) is 5. The number of halogens is 1. The smallest absolute Gasteiger partial charge is 0.155 e. The second-order valence-electron chi connectivity index (χ2n) is 4.01. The molecule has 0 radical (unpaired) electrons. The number of methoxy groups -OCH3 is 2. The van der Waals surface area contributed by atoms with Gasteiger partial charge in [0.1, 0.15) is 22.5 Å². The van der Waals surface area contributed by atoms with Gasteiger partial charge in [-0.05, 0) is 19.1 Å². The van der Waals surface area contributed by atoms with Gasteiger partial charge in [0.15, 0.2) is 6.29 Å². The molecule has 0 saturated carbocycles. The molecule has 0 bridgehead atoms. The normalized spacial score (nSPS) is 10.2. The Bertz CT molecular complexity index is 659. The van der Waals surface area contributed by atoms with E-state index in [1.807, 2.05) is 0 Å². The number of hydrogen-bond donors (Lipinski definition) is 0. The number of rotatable bonds is 4. The van der Waals surface area contributed by atoms with Gasteiger partial charge in [0.2, 0.25) is 0 Å². The number of aromatic nitrogens is 2. The molecule has 0 aliphatic heterocycles. The molecule has 6 heteroatoms. The van der Waals surface area contributed by atoms with Crippen molar-refractivity contribution in [1.82, 2.24) is 9.97 Å². The third-order valence-electron chi connectivity index (χ3n) is 2.79. The molecule has 2 aromatic rings. The third kappa shape index (κ3) is 2.58. The van der Waals surface area contributed by atoms with Gasteiger partial charge in [0.25, 0.3) is 0 Å². The molecule has 0 spiro atoms. The Morgan fingerprint density at radius 1 is 1.20 bits per heavy atom. The van der Waals surface area contributed by atoms with Crippen molar-refractivity contribution in [1.29, 1.82) is 0 Å². The summed E-state index contributed by atoms with van der Waals surface area (Å²) < 4.78 is 10.5. The molecular formula is C14H13ClN2O3. The summed E-state index contributed by atoms with van der Waals surface area (Å²) in [4.78, 5) is 19.5. The zero-order valence-electron chi connectivity index (χ0n) is 11.3. The van der Waals surface area contributed by atoms with Crippen LogP contribution in [0.3, 0.4) is 0 Å². The Morgan fingerprint density at radius 3 is 2.55 bits per heavy atom. The zero-order chi connectivity index (χ0) is 14.7. The molecule has 0 aliphatic rings. The first-order valence-electron chi connectivity index (χ1n) is 5.82. The maximum Gasteiger partial charge on any atom is 0.155 e. The summed E-state index contributed by atoms with van der Waals surface area (Å²) in [6, 6.07) is 5.25. The Morgan fingerprint density at radius 2 is 1.95 bits per heavy atom. The molecule has 104 valence electrons. The van der Waals surface area contributed by atoms with Gasteiger partial charge in [-0.15, -0.1) is 0 Å². The van der Waals surface area contributed by atoms with Crippen LogP contribution >= 0.6 is 11.6 Å². The standard InChI is InChI=1S/C14H13ClN2O3/c1-8-16-13(11(7-18)14(15)17-8)10-5-4-9(19-2)6-12(10)20-3/h4-7H,1-3H3. The number of benzene rings is 1. The van der Waals surface area contributed by atoms with Crippen molar-refractivity contribution in [3.63, 3.8) is 0 Å². The van der Waals surface area contributed by atoms with E-state index in [1.54, 1.807) is 32.2 Å². The van der Waals surface area contributed by atoms with Crippen molar-refractivity contribution in [2.75, 3.05) is 14.2 Å². The molecule has 1 heterocycles. The molecule has 0 N–H and O–H groups in total. The second kappa shape index (κ2) is 5.88. The Kier molecular flexibility index (Phi) is 4.20. The van der Waals surface area contributed by atoms with Crippen LogP contribution in [0.2, 0.25) is 5.15 Å². The fourth-order valence-corrected chi connectivity index (χ4v) is 2.11. The Balaban J connectivity index is 2.70. The zero-order valence-corrected chi connectivity index (χ0v) is 12.1. The van der Waals surface area contributed by atoms with Crippen molar-refractivity contribution < 1.29 is 14.3 Å². The molecule has 1 aromatic carbocycles. The molecule has 5 nitrogen and oxygen atoms in total. The van der Waals surface area contributed by atoms with Crippen LogP contribution in [0.5, 0.6) is 11.5 Å². The van der Waals surface area contributed by atoms with Gasteiger partial charge in [-0.2, -0.15) is 0 Å². The van der Waals surface area contributed by atoms with E-state index >= 15 is 0 Å². The maximum absolute atomic E-state index is 11.2. The van der Waals surface area contributed by atoms with Crippen molar-refractivity contribution in [2.45, 2.75) is 6.92 Å². The van der Waals surface area contributed by atoms with E-state index in [2.05, 4.69) is 9.97 Å². The molecule has 0 unspecified atom stereocenters. The van der Waals surface area contributed by atoms with E-state index in [1.165, 1.54) is 7.11 Å². The first-order chi connectivity index (χ1) is 9.60. The molecule has 0 aliphatic carbocycles. The van der Waals surface area contributed by atoms with Crippen LogP contribution in [0.1, 0.15) is 16.2 Å². The van der Waals surface area contributed by atoms with E-state index in [-0.39, 0.29) is 10.7 Å². The van der Waals surface area contributed by atoms with Crippen LogP contribution in [0, 0.1) is 6.92 Å². The van der Waals surface area contributed by atoms with Gasteiger partial charge in [-0.3, -0.25) is 4.79 Å². The van der Waals surface area contributed by atoms with Crippen LogP contribution in [0.25, 0.3) is 11.3 Å². The van der Waals surface area contributed by atoms with Crippen LogP contribution < -0.4 is 9.47 Å². The maximum atomic E-state index is 11.2. The first-order valence-corrected chi connectivity index (χ1v) is 6.20. The minimum absolute atomic E-state index is 0.125. The fraction of sp³-hybridized carbons (Fsp3) is 0.214. The minimum atomic E-state index is 0.125. The molecular weight excluding hydrogens is 280 g/mol. The monoisotopic (exact) mass is 292 g/mol. The van der Waals surface area contributed by atoms with E-state index in [0.29, 0.717) is 34.9 Å². The summed E-state index contributed by atoms with van der Waals surface area (Å²) in [7, 11) is 3.10. The summed E-state index contributed by atoms with van der Waals surface area (Å²) in [5.74, 6) is 1.67. The van der Waals surface area contributed by atoms with Gasteiger partial charge >= 0.3 is 0 Å². The third-order valence-corrected chi connectivity index (χ3v) is 3.08. The van der Waals surface area contributed by atoms with Crippen molar-refractivity contribution >= 4 is 17.9 Å². The average molecular weight is 293 g/mol. The highest BCUT2D eigenvalue weighted by atomic mass is 35.5. The molecule has 0 atom stereocenters. The van der Waals surface area contributed by atoms with Gasteiger partial charge in [-0.25, -0.2) is 9.97 Å². The molecule has 0 fully saturated rings. The van der Waals surface area contributed by atoms with Crippen LogP contribution in [0.4, 0.5) is 0 Å². The molecule has 20 heavy (non-hydrogen) atoms. The van der Waals surface area contributed by atoms with Crippen LogP contribution in [0.15, 0.2) is 18.2 Å². The first kappa shape index (κ1) is 14.3. The largest absolute Gasteiger partial charge is 0.497 e. The summed E-state index contributed by atoms with van der Waals surface area (Å²) in [6.07, 6.45) is 0.640. The Labute approximate surface area is 121 Å². The van der Waals surface area contributed by atoms with E-state index in [9.17, 15) is 4.79 Å². The molecule has 0 saturated heterocycles. The van der Waals surface area contributed by atoms with Crippen molar-refractivity contribution in [2.24, 2.45) is 0 Å². The highest BCUT2D eigenvalue weighted by molar-refractivity contribution is 6.32. The average Bonchev–Trinajstić information content (AvgIpc) is 2.45. The number of carbonyl (C=O) groups is 1. The quantitative estimate of drug-likeness (QED) is 0.640. The fourth-order valence-electron chi connectivity index (χ4n) is 1.85. The SMILES string of the molecule is COc1ccc(-c2nc(C)nc(Cl)c2C=O)c(OC)c1. The number of aldehydes is 1. The number of ether oxygens (including phenoxy) is 2. The lowest BCUT2D eigenvalue weighted by molar-refractivity contribution is 0.112. The van der Waals surface area contributed by atoms with E-state index in [0.717, 1.165) is 0 Å². The van der Waals surface area contributed by atoms with Crippen LogP contribution in [-0.2, 0) is 0 Å². The molecule has 2 rings (SSSR count). The highest BCUT2D eigenvalue weighted by Crippen LogP contribution is 2.35. The molecule has 0 amide bonds. The summed E-state index contributed by atoms with van der Waals surface area (Å²) in [6.45, 7) is 1.71. The van der Waals surface area contributed by atoms with E-state index in [4.69, 9.17) is 21.1 Å². The van der Waals surface area contributed by atoms with E-state index < -0.39 is 0 Å².